The van der Waals surface area contributed by atoms with Gasteiger partial charge in [-0.25, -0.2) is 4.79 Å². The van der Waals surface area contributed by atoms with Gasteiger partial charge in [0.1, 0.15) is 6.04 Å². The van der Waals surface area contributed by atoms with Gasteiger partial charge in [-0.05, 0) is 40.3 Å². The zero-order valence-electron chi connectivity index (χ0n) is 20.9. The average Bonchev–Trinajstić information content (AvgIpc) is 3.33. The molecule has 2 aliphatic heterocycles. The number of aliphatic carboxylic acids is 1. The van der Waals surface area contributed by atoms with E-state index in [-0.39, 0.29) is 24.8 Å². The number of aliphatic imine (C=N–C) groups is 1. The molecule has 1 amide bonds. The smallest absolute Gasteiger partial charge is 0.326 e. The Labute approximate surface area is 222 Å². The van der Waals surface area contributed by atoms with E-state index in [1.54, 1.807) is 0 Å². The zero-order chi connectivity index (χ0) is 26.1. The number of carbonyl (C=O) groups is 2. The van der Waals surface area contributed by atoms with Crippen molar-refractivity contribution in [3.8, 4) is 0 Å². The third kappa shape index (κ3) is 4.41. The number of nitrogens with zero attached hydrogens (tertiary/aromatic N) is 2. The van der Waals surface area contributed by atoms with Crippen LogP contribution in [0.5, 0.6) is 0 Å². The topological polar surface area (TPSA) is 70.0 Å². The molecule has 0 bridgehead atoms. The standard InChI is InChI=1S/C33H28N2O3/c36-32(30(23-13-6-2-7-14-23)24-15-8-3-9-16-24)35-21-28-26(20-29(35)33(37)38)31-25(17-10-18-27(31)34-28)19-22-11-4-1-5-12-22/h1-18,25,29-30H,19-21H2,(H,37,38). The van der Waals surface area contributed by atoms with Gasteiger partial charge in [0.05, 0.1) is 23.9 Å². The van der Waals surface area contributed by atoms with Gasteiger partial charge in [0.2, 0.25) is 5.91 Å². The summed E-state index contributed by atoms with van der Waals surface area (Å²) in [5, 5.41) is 10.3. The van der Waals surface area contributed by atoms with Crippen LogP contribution in [0.4, 0.5) is 0 Å². The number of benzene rings is 3. The maximum absolute atomic E-state index is 14.2. The Morgan fingerprint density at radius 1 is 0.895 bits per heavy atom. The molecule has 3 aromatic carbocycles. The number of allylic oxidation sites excluding steroid dienone is 4. The number of piperidine rings is 1. The summed E-state index contributed by atoms with van der Waals surface area (Å²) in [6.45, 7) is 0.181. The summed E-state index contributed by atoms with van der Waals surface area (Å²) in [5.74, 6) is -1.69. The van der Waals surface area contributed by atoms with Gasteiger partial charge >= 0.3 is 5.97 Å². The second-order valence-electron chi connectivity index (χ2n) is 9.96. The van der Waals surface area contributed by atoms with Gasteiger partial charge in [0.15, 0.2) is 0 Å². The Bertz CT molecular complexity index is 1450. The normalized spacial score (nSPS) is 20.1. The minimum atomic E-state index is -0.992. The molecule has 5 nitrogen and oxygen atoms in total. The number of carboxylic acids is 1. The maximum atomic E-state index is 14.2. The molecule has 1 fully saturated rings. The highest BCUT2D eigenvalue weighted by molar-refractivity contribution is 6.10. The SMILES string of the molecule is O=C(O)C1CC2=C3C(=CC=CC3Cc3ccccc3)N=C2CN1C(=O)C(c1ccccc1)c1ccccc1. The number of fused-ring (bicyclic) bond motifs is 2. The molecule has 3 aliphatic rings. The summed E-state index contributed by atoms with van der Waals surface area (Å²) < 4.78 is 0. The highest BCUT2D eigenvalue weighted by Crippen LogP contribution is 2.41. The Morgan fingerprint density at radius 3 is 2.11 bits per heavy atom. The van der Waals surface area contributed by atoms with E-state index in [2.05, 4.69) is 18.2 Å². The molecule has 0 radical (unpaired) electrons. The second kappa shape index (κ2) is 10.1. The summed E-state index contributed by atoms with van der Waals surface area (Å²) >= 11 is 0. The van der Waals surface area contributed by atoms with Gasteiger partial charge in [-0.2, -0.15) is 0 Å². The molecule has 2 unspecified atom stereocenters. The molecular formula is C33H28N2O3. The van der Waals surface area contributed by atoms with Crippen molar-refractivity contribution in [3.05, 3.63) is 143 Å². The molecule has 1 saturated heterocycles. The number of hydrogen-bond donors (Lipinski definition) is 1. The van der Waals surface area contributed by atoms with Crippen LogP contribution in [-0.4, -0.2) is 40.2 Å². The lowest BCUT2D eigenvalue weighted by molar-refractivity contribution is -0.150. The third-order valence-electron chi connectivity index (χ3n) is 7.65. The predicted octanol–water partition coefficient (Wildman–Crippen LogP) is 5.57. The first kappa shape index (κ1) is 23.9. The highest BCUT2D eigenvalue weighted by Gasteiger charge is 2.43. The highest BCUT2D eigenvalue weighted by atomic mass is 16.4. The fourth-order valence-electron chi connectivity index (χ4n) is 5.86. The van der Waals surface area contributed by atoms with E-state index < -0.39 is 17.9 Å². The van der Waals surface area contributed by atoms with Crippen LogP contribution in [0.3, 0.4) is 0 Å². The van der Waals surface area contributed by atoms with E-state index >= 15 is 0 Å². The number of likely N-dealkylation sites (tertiary alicyclic amines) is 1. The van der Waals surface area contributed by atoms with Gasteiger partial charge in [-0.3, -0.25) is 9.79 Å². The first-order valence-corrected chi connectivity index (χ1v) is 13.0. The first-order chi connectivity index (χ1) is 18.6. The zero-order valence-corrected chi connectivity index (χ0v) is 20.9. The quantitative estimate of drug-likeness (QED) is 0.481. The molecule has 6 rings (SSSR count). The monoisotopic (exact) mass is 500 g/mol. The van der Waals surface area contributed by atoms with Crippen molar-refractivity contribution in [2.45, 2.75) is 24.8 Å². The van der Waals surface area contributed by atoms with E-state index in [1.807, 2.05) is 91.0 Å². The molecule has 38 heavy (non-hydrogen) atoms. The molecule has 2 atom stereocenters. The van der Waals surface area contributed by atoms with Gasteiger partial charge in [0, 0.05) is 12.3 Å². The third-order valence-corrected chi connectivity index (χ3v) is 7.65. The van der Waals surface area contributed by atoms with Crippen LogP contribution >= 0.6 is 0 Å². The van der Waals surface area contributed by atoms with Crippen LogP contribution in [0.2, 0.25) is 0 Å². The summed E-state index contributed by atoms with van der Waals surface area (Å²) in [6.07, 6.45) is 7.27. The van der Waals surface area contributed by atoms with Crippen LogP contribution in [-0.2, 0) is 16.0 Å². The Balaban J connectivity index is 1.36. The van der Waals surface area contributed by atoms with Crippen molar-refractivity contribution in [3.63, 3.8) is 0 Å². The van der Waals surface area contributed by atoms with Gasteiger partial charge in [-0.15, -0.1) is 0 Å². The lowest BCUT2D eigenvalue weighted by Crippen LogP contribution is -2.53. The molecule has 1 aliphatic carbocycles. The van der Waals surface area contributed by atoms with Crippen molar-refractivity contribution in [1.29, 1.82) is 0 Å². The molecule has 0 aromatic heterocycles. The fraction of sp³-hybridized carbons (Fsp3) is 0.182. The van der Waals surface area contributed by atoms with E-state index in [9.17, 15) is 14.7 Å². The number of carbonyl (C=O) groups excluding carboxylic acids is 1. The van der Waals surface area contributed by atoms with Crippen molar-refractivity contribution >= 4 is 17.6 Å². The van der Waals surface area contributed by atoms with Crippen molar-refractivity contribution in [2.75, 3.05) is 6.54 Å². The van der Waals surface area contributed by atoms with Crippen LogP contribution in [0.25, 0.3) is 0 Å². The molecule has 2 heterocycles. The number of carboxylic acid groups (broad SMARTS) is 1. The summed E-state index contributed by atoms with van der Waals surface area (Å²) in [6, 6.07) is 28.5. The van der Waals surface area contributed by atoms with Crippen LogP contribution in [0, 0.1) is 5.92 Å². The summed E-state index contributed by atoms with van der Waals surface area (Å²) in [5.41, 5.74) is 6.68. The van der Waals surface area contributed by atoms with E-state index in [1.165, 1.54) is 10.5 Å². The number of rotatable bonds is 6. The van der Waals surface area contributed by atoms with Crippen LogP contribution in [0.1, 0.15) is 29.0 Å². The molecule has 188 valence electrons. The van der Waals surface area contributed by atoms with Gasteiger partial charge < -0.3 is 10.0 Å². The minimum absolute atomic E-state index is 0.117. The molecule has 5 heteroatoms. The van der Waals surface area contributed by atoms with Crippen molar-refractivity contribution in [2.24, 2.45) is 10.9 Å². The van der Waals surface area contributed by atoms with Gasteiger partial charge in [0.25, 0.3) is 0 Å². The van der Waals surface area contributed by atoms with Gasteiger partial charge in [-0.1, -0.05) is 103 Å². The van der Waals surface area contributed by atoms with Crippen molar-refractivity contribution < 1.29 is 14.7 Å². The van der Waals surface area contributed by atoms with Crippen molar-refractivity contribution in [1.82, 2.24) is 4.90 Å². The van der Waals surface area contributed by atoms with Crippen LogP contribution < -0.4 is 0 Å². The summed E-state index contributed by atoms with van der Waals surface area (Å²) in [7, 11) is 0. The Kier molecular flexibility index (Phi) is 6.34. The maximum Gasteiger partial charge on any atom is 0.326 e. The lowest BCUT2D eigenvalue weighted by Gasteiger charge is -2.37. The second-order valence-corrected chi connectivity index (χ2v) is 9.96. The number of amides is 1. The molecule has 3 aromatic rings. The molecule has 1 N–H and O–H groups in total. The molecular weight excluding hydrogens is 472 g/mol. The van der Waals surface area contributed by atoms with E-state index in [4.69, 9.17) is 4.99 Å². The molecule has 0 spiro atoms. The van der Waals surface area contributed by atoms with Crippen LogP contribution in [0.15, 0.2) is 131 Å². The summed E-state index contributed by atoms with van der Waals surface area (Å²) in [4.78, 5) is 33.2. The fourth-order valence-corrected chi connectivity index (χ4v) is 5.86. The number of hydrogen-bond acceptors (Lipinski definition) is 3. The minimum Gasteiger partial charge on any atom is -0.480 e. The Hall–Kier alpha value is -4.51. The predicted molar refractivity (Wildman–Crippen MR) is 148 cm³/mol. The lowest BCUT2D eigenvalue weighted by atomic mass is 9.81. The Morgan fingerprint density at radius 2 is 1.50 bits per heavy atom. The first-order valence-electron chi connectivity index (χ1n) is 13.0. The largest absolute Gasteiger partial charge is 0.480 e. The van der Waals surface area contributed by atoms with E-state index in [0.717, 1.165) is 40.1 Å². The molecule has 0 saturated carbocycles. The average molecular weight is 501 g/mol. The van der Waals surface area contributed by atoms with E-state index in [0.29, 0.717) is 0 Å².